The summed E-state index contributed by atoms with van der Waals surface area (Å²) in [6, 6.07) is 6.31. The van der Waals surface area contributed by atoms with E-state index in [1.54, 1.807) is 18.3 Å². The van der Waals surface area contributed by atoms with Crippen LogP contribution in [-0.2, 0) is 11.3 Å². The van der Waals surface area contributed by atoms with Crippen LogP contribution in [-0.4, -0.2) is 65.2 Å². The molecule has 1 aromatic heterocycles. The van der Waals surface area contributed by atoms with Gasteiger partial charge in [-0.25, -0.2) is 4.39 Å². The number of aromatic amines is 1. The van der Waals surface area contributed by atoms with Crippen LogP contribution in [0.4, 0.5) is 4.39 Å². The van der Waals surface area contributed by atoms with E-state index in [-0.39, 0.29) is 5.82 Å². The molecular weight excluding hydrogens is 323 g/mol. The predicted molar refractivity (Wildman–Crippen MR) is 93.6 cm³/mol. The minimum atomic E-state index is -0.822. The molecule has 0 saturated carbocycles. The summed E-state index contributed by atoms with van der Waals surface area (Å²) >= 11 is 0. The number of aliphatic hydroxyl groups is 1. The van der Waals surface area contributed by atoms with E-state index in [4.69, 9.17) is 4.74 Å². The van der Waals surface area contributed by atoms with Crippen molar-refractivity contribution in [1.29, 1.82) is 0 Å². The van der Waals surface area contributed by atoms with Gasteiger partial charge >= 0.3 is 0 Å². The minimum Gasteiger partial charge on any atom is -0.388 e. The van der Waals surface area contributed by atoms with Gasteiger partial charge in [0.15, 0.2) is 0 Å². The fraction of sp³-hybridized carbons (Fsp3) is 0.500. The number of hydrogen-bond donors (Lipinski definition) is 3. The molecule has 7 heteroatoms. The highest BCUT2D eigenvalue weighted by Gasteiger charge is 2.25. The molecule has 1 atom stereocenters. The highest BCUT2D eigenvalue weighted by molar-refractivity contribution is 5.62. The van der Waals surface area contributed by atoms with Gasteiger partial charge < -0.3 is 15.2 Å². The fourth-order valence-electron chi connectivity index (χ4n) is 3.07. The fourth-order valence-corrected chi connectivity index (χ4v) is 3.07. The molecule has 3 N–H and O–H groups in total. The lowest BCUT2D eigenvalue weighted by molar-refractivity contribution is -0.0219. The lowest BCUT2D eigenvalue weighted by Gasteiger charge is -2.34. The molecule has 0 bridgehead atoms. The highest BCUT2D eigenvalue weighted by atomic mass is 19.1. The van der Waals surface area contributed by atoms with E-state index in [0.717, 1.165) is 43.1 Å². The molecular formula is C18H25FN4O2. The first-order valence-electron chi connectivity index (χ1n) is 8.55. The standard InChI is InChI=1S/C18H25FN4O2/c1-18(24,13-23-6-8-25-9-7-23)12-20-10-15-11-21-22-17(15)14-2-4-16(19)5-3-14/h2-5,11,20,24H,6-10,12-13H2,1H3,(H,21,22). The number of β-amino-alcohol motifs (C(OH)–C–C–N with tert-alkyl or cyclic N) is 1. The Balaban J connectivity index is 1.53. The molecule has 0 spiro atoms. The zero-order chi connectivity index (χ0) is 17.7. The molecule has 1 aromatic carbocycles. The van der Waals surface area contributed by atoms with Gasteiger partial charge in [0.2, 0.25) is 0 Å². The van der Waals surface area contributed by atoms with Crippen molar-refractivity contribution in [3.63, 3.8) is 0 Å². The van der Waals surface area contributed by atoms with Gasteiger partial charge in [0, 0.05) is 43.9 Å². The average Bonchev–Trinajstić information content (AvgIpc) is 3.04. The van der Waals surface area contributed by atoms with Gasteiger partial charge in [-0.15, -0.1) is 0 Å². The average molecular weight is 348 g/mol. The molecule has 2 heterocycles. The second-order valence-electron chi connectivity index (χ2n) is 6.77. The highest BCUT2D eigenvalue weighted by Crippen LogP contribution is 2.21. The number of ether oxygens (including phenoxy) is 1. The van der Waals surface area contributed by atoms with Crippen molar-refractivity contribution in [2.45, 2.75) is 19.1 Å². The molecule has 25 heavy (non-hydrogen) atoms. The van der Waals surface area contributed by atoms with E-state index >= 15 is 0 Å². The van der Waals surface area contributed by atoms with Crippen LogP contribution in [0.15, 0.2) is 30.5 Å². The summed E-state index contributed by atoms with van der Waals surface area (Å²) in [5, 5.41) is 20.9. The van der Waals surface area contributed by atoms with Crippen LogP contribution >= 0.6 is 0 Å². The molecule has 0 amide bonds. The van der Waals surface area contributed by atoms with Crippen LogP contribution in [0.2, 0.25) is 0 Å². The summed E-state index contributed by atoms with van der Waals surface area (Å²) in [7, 11) is 0. The van der Waals surface area contributed by atoms with Crippen LogP contribution in [0, 0.1) is 5.82 Å². The third-order valence-electron chi connectivity index (χ3n) is 4.34. The van der Waals surface area contributed by atoms with Crippen molar-refractivity contribution in [3.8, 4) is 11.3 Å². The van der Waals surface area contributed by atoms with Gasteiger partial charge in [0.1, 0.15) is 5.82 Å². The Morgan fingerprint density at radius 2 is 2.04 bits per heavy atom. The normalized spacial score (nSPS) is 18.2. The van der Waals surface area contributed by atoms with Crippen LogP contribution in [0.3, 0.4) is 0 Å². The van der Waals surface area contributed by atoms with E-state index < -0.39 is 5.60 Å². The Hall–Kier alpha value is -1.80. The van der Waals surface area contributed by atoms with Crippen LogP contribution in [0.5, 0.6) is 0 Å². The number of nitrogens with one attached hydrogen (secondary N) is 2. The van der Waals surface area contributed by atoms with E-state index in [1.165, 1.54) is 12.1 Å². The third-order valence-corrected chi connectivity index (χ3v) is 4.34. The largest absolute Gasteiger partial charge is 0.388 e. The van der Waals surface area contributed by atoms with Gasteiger partial charge in [-0.3, -0.25) is 10.00 Å². The second kappa shape index (κ2) is 8.05. The van der Waals surface area contributed by atoms with Crippen LogP contribution in [0.25, 0.3) is 11.3 Å². The number of aromatic nitrogens is 2. The molecule has 1 unspecified atom stereocenters. The quantitative estimate of drug-likeness (QED) is 0.705. The molecule has 1 aliphatic heterocycles. The lowest BCUT2D eigenvalue weighted by Crippen LogP contribution is -2.50. The van der Waals surface area contributed by atoms with Crippen molar-refractivity contribution in [3.05, 3.63) is 41.8 Å². The van der Waals surface area contributed by atoms with Crippen LogP contribution < -0.4 is 5.32 Å². The lowest BCUT2D eigenvalue weighted by atomic mass is 10.1. The summed E-state index contributed by atoms with van der Waals surface area (Å²) in [4.78, 5) is 2.22. The molecule has 1 saturated heterocycles. The first kappa shape index (κ1) is 18.0. The van der Waals surface area contributed by atoms with Crippen molar-refractivity contribution in [1.82, 2.24) is 20.4 Å². The number of H-pyrrole nitrogens is 1. The number of morpholine rings is 1. The second-order valence-corrected chi connectivity index (χ2v) is 6.77. The van der Waals surface area contributed by atoms with E-state index in [1.807, 2.05) is 6.92 Å². The Bertz CT molecular complexity index is 666. The summed E-state index contributed by atoms with van der Waals surface area (Å²) in [6.07, 6.45) is 1.75. The number of benzene rings is 1. The Labute approximate surface area is 147 Å². The number of nitrogens with zero attached hydrogens (tertiary/aromatic N) is 2. The van der Waals surface area contributed by atoms with E-state index in [2.05, 4.69) is 20.4 Å². The first-order chi connectivity index (χ1) is 12.0. The Kier molecular flexibility index (Phi) is 5.80. The van der Waals surface area contributed by atoms with Gasteiger partial charge in [-0.05, 0) is 31.2 Å². The summed E-state index contributed by atoms with van der Waals surface area (Å²) in [5.74, 6) is -0.262. The monoisotopic (exact) mass is 348 g/mol. The maximum Gasteiger partial charge on any atom is 0.123 e. The SMILES string of the molecule is CC(O)(CNCc1cn[nH]c1-c1ccc(F)cc1)CN1CCOCC1. The molecule has 1 fully saturated rings. The number of hydrogen-bond acceptors (Lipinski definition) is 5. The predicted octanol–water partition coefficient (Wildman–Crippen LogP) is 1.39. The zero-order valence-corrected chi connectivity index (χ0v) is 14.5. The topological polar surface area (TPSA) is 73.4 Å². The van der Waals surface area contributed by atoms with Gasteiger partial charge in [-0.1, -0.05) is 0 Å². The molecule has 2 aromatic rings. The number of halogens is 1. The Morgan fingerprint density at radius 1 is 1.32 bits per heavy atom. The van der Waals surface area contributed by atoms with Gasteiger partial charge in [0.25, 0.3) is 0 Å². The summed E-state index contributed by atoms with van der Waals surface area (Å²) in [5.41, 5.74) is 1.90. The maximum absolute atomic E-state index is 13.1. The molecule has 1 aliphatic rings. The minimum absolute atomic E-state index is 0.262. The van der Waals surface area contributed by atoms with Crippen molar-refractivity contribution in [2.24, 2.45) is 0 Å². The van der Waals surface area contributed by atoms with Crippen LogP contribution in [0.1, 0.15) is 12.5 Å². The first-order valence-corrected chi connectivity index (χ1v) is 8.55. The maximum atomic E-state index is 13.1. The van der Waals surface area contributed by atoms with Gasteiger partial charge in [-0.2, -0.15) is 5.10 Å². The molecule has 0 radical (unpaired) electrons. The summed E-state index contributed by atoms with van der Waals surface area (Å²) in [6.45, 7) is 6.64. The van der Waals surface area contributed by atoms with E-state index in [9.17, 15) is 9.50 Å². The smallest absolute Gasteiger partial charge is 0.123 e. The van der Waals surface area contributed by atoms with Crippen molar-refractivity contribution < 1.29 is 14.2 Å². The molecule has 6 nitrogen and oxygen atoms in total. The Morgan fingerprint density at radius 3 is 2.76 bits per heavy atom. The number of rotatable bonds is 7. The van der Waals surface area contributed by atoms with E-state index in [0.29, 0.717) is 19.6 Å². The zero-order valence-electron chi connectivity index (χ0n) is 14.5. The summed E-state index contributed by atoms with van der Waals surface area (Å²) < 4.78 is 18.4. The molecule has 3 rings (SSSR count). The third kappa shape index (κ3) is 5.09. The van der Waals surface area contributed by atoms with Crippen molar-refractivity contribution in [2.75, 3.05) is 39.4 Å². The van der Waals surface area contributed by atoms with Gasteiger partial charge in [0.05, 0.1) is 30.7 Å². The molecule has 0 aliphatic carbocycles. The van der Waals surface area contributed by atoms with Crippen molar-refractivity contribution >= 4 is 0 Å². The molecule has 136 valence electrons.